The lowest BCUT2D eigenvalue weighted by Crippen LogP contribution is -2.15. The Bertz CT molecular complexity index is 557. The number of nitrogens with one attached hydrogen (secondary N) is 1. The lowest BCUT2D eigenvalue weighted by molar-refractivity contribution is 0.276. The molecule has 1 atom stereocenters. The zero-order valence-corrected chi connectivity index (χ0v) is 12.9. The fourth-order valence-corrected chi connectivity index (χ4v) is 2.49. The fraction of sp³-hybridized carbons (Fsp3) is 0.200. The molecule has 0 heterocycles. The molecule has 2 nitrogen and oxygen atoms in total. The van der Waals surface area contributed by atoms with Gasteiger partial charge in [-0.2, -0.15) is 0 Å². The van der Waals surface area contributed by atoms with Gasteiger partial charge in [-0.3, -0.25) is 0 Å². The maximum Gasteiger partial charge on any atom is 0.0747 e. The lowest BCUT2D eigenvalue weighted by Gasteiger charge is -2.20. The van der Waals surface area contributed by atoms with Gasteiger partial charge in [0.25, 0.3) is 0 Å². The first kappa shape index (κ1) is 14.4. The van der Waals surface area contributed by atoms with Gasteiger partial charge in [-0.05, 0) is 54.4 Å². The van der Waals surface area contributed by atoms with Gasteiger partial charge in [0, 0.05) is 15.2 Å². The van der Waals surface area contributed by atoms with Crippen LogP contribution in [0.15, 0.2) is 46.9 Å². The Balaban J connectivity index is 2.22. The molecule has 0 aliphatic carbocycles. The number of aliphatic hydroxyl groups excluding tert-OH is 1. The van der Waals surface area contributed by atoms with Crippen molar-refractivity contribution >= 4 is 33.2 Å². The molecule has 2 rings (SSSR count). The first-order valence-corrected chi connectivity index (χ1v) is 7.16. The van der Waals surface area contributed by atoms with Crippen molar-refractivity contribution in [2.24, 2.45) is 0 Å². The Kier molecular flexibility index (Phi) is 4.86. The fourth-order valence-electron chi connectivity index (χ4n) is 2.00. The molecule has 2 N–H and O–H groups in total. The summed E-state index contributed by atoms with van der Waals surface area (Å²) in [6, 6.07) is 13.4. The summed E-state index contributed by atoms with van der Waals surface area (Å²) in [5, 5.41) is 13.6. The van der Waals surface area contributed by atoms with E-state index in [-0.39, 0.29) is 12.6 Å². The third-order valence-electron chi connectivity index (χ3n) is 2.97. The molecule has 0 bridgehead atoms. The van der Waals surface area contributed by atoms with Crippen LogP contribution in [0.3, 0.4) is 0 Å². The third-order valence-corrected chi connectivity index (χ3v) is 3.74. The van der Waals surface area contributed by atoms with Crippen LogP contribution in [0.4, 0.5) is 5.69 Å². The minimum absolute atomic E-state index is 0.0263. The summed E-state index contributed by atoms with van der Waals surface area (Å²) < 4.78 is 1.03. The zero-order chi connectivity index (χ0) is 13.8. The Morgan fingerprint density at radius 1 is 1.21 bits per heavy atom. The molecule has 100 valence electrons. The van der Waals surface area contributed by atoms with Crippen molar-refractivity contribution in [3.63, 3.8) is 0 Å². The summed E-state index contributed by atoms with van der Waals surface area (Å²) in [6.07, 6.45) is 0. The number of aryl methyl sites for hydroxylation is 1. The second-order valence-corrected chi connectivity index (χ2v) is 5.74. The molecule has 0 aliphatic heterocycles. The summed E-state index contributed by atoms with van der Waals surface area (Å²) in [7, 11) is 0. The number of benzene rings is 2. The molecule has 1 unspecified atom stereocenters. The Labute approximate surface area is 126 Å². The highest BCUT2D eigenvalue weighted by molar-refractivity contribution is 9.10. The molecule has 0 aliphatic rings. The maximum absolute atomic E-state index is 9.58. The van der Waals surface area contributed by atoms with Crippen LogP contribution in [0.2, 0.25) is 5.02 Å². The van der Waals surface area contributed by atoms with Crippen LogP contribution in [0.25, 0.3) is 0 Å². The van der Waals surface area contributed by atoms with E-state index in [0.717, 1.165) is 21.3 Å². The number of hydrogen-bond acceptors (Lipinski definition) is 2. The highest BCUT2D eigenvalue weighted by atomic mass is 79.9. The maximum atomic E-state index is 9.58. The predicted molar refractivity (Wildman–Crippen MR) is 83.8 cm³/mol. The standard InChI is InChI=1S/C15H15BrClNO/c1-10-8-12(17)4-7-14(10)15(9-19)18-13-5-2-11(16)3-6-13/h2-8,15,18-19H,9H2,1H3. The van der Waals surface area contributed by atoms with Crippen molar-refractivity contribution in [3.8, 4) is 0 Å². The Hall–Kier alpha value is -1.03. The molecule has 0 aromatic heterocycles. The summed E-state index contributed by atoms with van der Waals surface area (Å²) in [5.74, 6) is 0. The zero-order valence-electron chi connectivity index (χ0n) is 10.5. The van der Waals surface area contributed by atoms with Gasteiger partial charge in [-0.25, -0.2) is 0 Å². The van der Waals surface area contributed by atoms with Gasteiger partial charge in [-0.15, -0.1) is 0 Å². The molecule has 0 amide bonds. The van der Waals surface area contributed by atoms with E-state index < -0.39 is 0 Å². The second-order valence-electron chi connectivity index (χ2n) is 4.39. The topological polar surface area (TPSA) is 32.3 Å². The summed E-state index contributed by atoms with van der Waals surface area (Å²) in [4.78, 5) is 0. The van der Waals surface area contributed by atoms with Crippen LogP contribution in [0.1, 0.15) is 17.2 Å². The van der Waals surface area contributed by atoms with E-state index in [4.69, 9.17) is 11.6 Å². The highest BCUT2D eigenvalue weighted by Gasteiger charge is 2.12. The summed E-state index contributed by atoms with van der Waals surface area (Å²) in [6.45, 7) is 2.02. The van der Waals surface area contributed by atoms with Gasteiger partial charge in [-0.1, -0.05) is 33.6 Å². The van der Waals surface area contributed by atoms with Crippen molar-refractivity contribution in [3.05, 3.63) is 63.1 Å². The van der Waals surface area contributed by atoms with Gasteiger partial charge < -0.3 is 10.4 Å². The van der Waals surface area contributed by atoms with Gasteiger partial charge in [0.15, 0.2) is 0 Å². The van der Waals surface area contributed by atoms with E-state index in [0.29, 0.717) is 5.02 Å². The molecular weight excluding hydrogens is 326 g/mol. The Morgan fingerprint density at radius 2 is 1.89 bits per heavy atom. The van der Waals surface area contributed by atoms with E-state index in [2.05, 4.69) is 21.2 Å². The first-order valence-electron chi connectivity index (χ1n) is 5.99. The van der Waals surface area contributed by atoms with Crippen molar-refractivity contribution < 1.29 is 5.11 Å². The Morgan fingerprint density at radius 3 is 2.47 bits per heavy atom. The van der Waals surface area contributed by atoms with Gasteiger partial charge in [0.05, 0.1) is 12.6 Å². The van der Waals surface area contributed by atoms with Crippen LogP contribution >= 0.6 is 27.5 Å². The van der Waals surface area contributed by atoms with Crippen LogP contribution in [-0.2, 0) is 0 Å². The van der Waals surface area contributed by atoms with Gasteiger partial charge in [0.2, 0.25) is 0 Å². The van der Waals surface area contributed by atoms with Gasteiger partial charge >= 0.3 is 0 Å². The minimum atomic E-state index is -0.140. The molecule has 4 heteroatoms. The van der Waals surface area contributed by atoms with Crippen LogP contribution in [-0.4, -0.2) is 11.7 Å². The number of rotatable bonds is 4. The van der Waals surface area contributed by atoms with Crippen LogP contribution in [0.5, 0.6) is 0 Å². The molecule has 0 radical (unpaired) electrons. The van der Waals surface area contributed by atoms with Crippen LogP contribution < -0.4 is 5.32 Å². The normalized spacial score (nSPS) is 12.2. The number of halogens is 2. The molecule has 2 aromatic rings. The molecule has 19 heavy (non-hydrogen) atoms. The quantitative estimate of drug-likeness (QED) is 0.855. The smallest absolute Gasteiger partial charge is 0.0747 e. The largest absolute Gasteiger partial charge is 0.394 e. The number of hydrogen-bond donors (Lipinski definition) is 2. The number of aliphatic hydroxyl groups is 1. The van der Waals surface area contributed by atoms with Crippen molar-refractivity contribution in [1.82, 2.24) is 0 Å². The van der Waals surface area contributed by atoms with E-state index in [1.807, 2.05) is 49.4 Å². The van der Waals surface area contributed by atoms with Crippen molar-refractivity contribution in [2.75, 3.05) is 11.9 Å². The number of anilines is 1. The molecule has 2 aromatic carbocycles. The molecule has 0 spiro atoms. The van der Waals surface area contributed by atoms with E-state index >= 15 is 0 Å². The van der Waals surface area contributed by atoms with Crippen molar-refractivity contribution in [2.45, 2.75) is 13.0 Å². The monoisotopic (exact) mass is 339 g/mol. The van der Waals surface area contributed by atoms with E-state index in [9.17, 15) is 5.11 Å². The molecule has 0 saturated heterocycles. The predicted octanol–water partition coefficient (Wildman–Crippen LogP) is 4.56. The SMILES string of the molecule is Cc1cc(Cl)ccc1C(CO)Nc1ccc(Br)cc1. The van der Waals surface area contributed by atoms with E-state index in [1.54, 1.807) is 0 Å². The summed E-state index contributed by atoms with van der Waals surface area (Å²) >= 11 is 9.36. The average Bonchev–Trinajstić information content (AvgIpc) is 2.39. The van der Waals surface area contributed by atoms with Gasteiger partial charge in [0.1, 0.15) is 0 Å². The summed E-state index contributed by atoms with van der Waals surface area (Å²) in [5.41, 5.74) is 3.09. The second kappa shape index (κ2) is 6.42. The lowest BCUT2D eigenvalue weighted by atomic mass is 10.0. The van der Waals surface area contributed by atoms with Crippen LogP contribution in [0, 0.1) is 6.92 Å². The molecule has 0 fully saturated rings. The highest BCUT2D eigenvalue weighted by Crippen LogP contribution is 2.25. The molecule has 0 saturated carbocycles. The first-order chi connectivity index (χ1) is 9.10. The molecular formula is C15H15BrClNO. The minimum Gasteiger partial charge on any atom is -0.394 e. The van der Waals surface area contributed by atoms with Crippen molar-refractivity contribution in [1.29, 1.82) is 0 Å². The third kappa shape index (κ3) is 3.72. The average molecular weight is 341 g/mol. The van der Waals surface area contributed by atoms with E-state index in [1.165, 1.54) is 0 Å².